The van der Waals surface area contributed by atoms with Crippen LogP contribution in [0.4, 0.5) is 0 Å². The minimum absolute atomic E-state index is 0.485. The van der Waals surface area contributed by atoms with Crippen molar-refractivity contribution in [3.05, 3.63) is 0 Å². The van der Waals surface area contributed by atoms with E-state index >= 15 is 0 Å². The van der Waals surface area contributed by atoms with Gasteiger partial charge in [0, 0.05) is 18.6 Å². The van der Waals surface area contributed by atoms with Gasteiger partial charge in [-0.15, -0.1) is 0 Å². The Balaban J connectivity index is 2.25. The highest BCUT2D eigenvalue weighted by molar-refractivity contribution is 4.76. The van der Waals surface area contributed by atoms with Gasteiger partial charge in [0.2, 0.25) is 0 Å². The molecule has 0 saturated heterocycles. The SMILES string of the molecule is CC1CCCC(NC(C)CN)CC1. The predicted octanol–water partition coefficient (Wildman–Crippen LogP) is 1.89. The van der Waals surface area contributed by atoms with Gasteiger partial charge in [0.1, 0.15) is 0 Å². The van der Waals surface area contributed by atoms with Gasteiger partial charge in [-0.3, -0.25) is 0 Å². The molecule has 2 heteroatoms. The fourth-order valence-electron chi connectivity index (χ4n) is 2.12. The van der Waals surface area contributed by atoms with Crippen molar-refractivity contribution in [2.75, 3.05) is 6.54 Å². The standard InChI is InChI=1S/C11H24N2/c1-9-4-3-5-11(7-6-9)13-10(2)8-12/h9-11,13H,3-8,12H2,1-2H3. The molecule has 0 aromatic carbocycles. The molecule has 3 N–H and O–H groups in total. The molecule has 0 aromatic heterocycles. The average molecular weight is 184 g/mol. The van der Waals surface area contributed by atoms with Gasteiger partial charge in [-0.05, 0) is 32.1 Å². The molecule has 1 fully saturated rings. The maximum absolute atomic E-state index is 5.59. The maximum Gasteiger partial charge on any atom is 0.0164 e. The quantitative estimate of drug-likeness (QED) is 0.657. The summed E-state index contributed by atoms with van der Waals surface area (Å²) in [5.74, 6) is 0.931. The third kappa shape index (κ3) is 4.10. The molecule has 3 unspecified atom stereocenters. The van der Waals surface area contributed by atoms with Crippen molar-refractivity contribution in [3.8, 4) is 0 Å². The van der Waals surface area contributed by atoms with Gasteiger partial charge in [-0.1, -0.05) is 19.8 Å². The normalized spacial score (nSPS) is 32.5. The van der Waals surface area contributed by atoms with E-state index in [9.17, 15) is 0 Å². The first-order valence-electron chi connectivity index (χ1n) is 5.68. The molecule has 78 valence electrons. The minimum Gasteiger partial charge on any atom is -0.329 e. The number of nitrogens with two attached hydrogens (primary N) is 1. The summed E-state index contributed by atoms with van der Waals surface area (Å²) in [5, 5.41) is 3.60. The molecule has 0 aromatic rings. The summed E-state index contributed by atoms with van der Waals surface area (Å²) in [6.07, 6.45) is 6.86. The van der Waals surface area contributed by atoms with Gasteiger partial charge >= 0.3 is 0 Å². The lowest BCUT2D eigenvalue weighted by atomic mass is 10.0. The van der Waals surface area contributed by atoms with Gasteiger partial charge < -0.3 is 11.1 Å². The highest BCUT2D eigenvalue weighted by Crippen LogP contribution is 2.22. The molecule has 0 radical (unpaired) electrons. The van der Waals surface area contributed by atoms with Crippen LogP contribution >= 0.6 is 0 Å². The van der Waals surface area contributed by atoms with E-state index in [2.05, 4.69) is 19.2 Å². The zero-order chi connectivity index (χ0) is 9.68. The zero-order valence-corrected chi connectivity index (χ0v) is 9.05. The summed E-state index contributed by atoms with van der Waals surface area (Å²) in [5.41, 5.74) is 5.59. The molecule has 2 nitrogen and oxygen atoms in total. The summed E-state index contributed by atoms with van der Waals surface area (Å²) < 4.78 is 0. The average Bonchev–Trinajstić information content (AvgIpc) is 2.31. The summed E-state index contributed by atoms with van der Waals surface area (Å²) in [4.78, 5) is 0. The zero-order valence-electron chi connectivity index (χ0n) is 9.05. The van der Waals surface area contributed by atoms with Crippen LogP contribution in [-0.4, -0.2) is 18.6 Å². The van der Waals surface area contributed by atoms with Crippen molar-refractivity contribution in [3.63, 3.8) is 0 Å². The van der Waals surface area contributed by atoms with Crippen molar-refractivity contribution in [2.45, 2.75) is 58.0 Å². The van der Waals surface area contributed by atoms with E-state index in [4.69, 9.17) is 5.73 Å². The van der Waals surface area contributed by atoms with Crippen LogP contribution in [0.25, 0.3) is 0 Å². The van der Waals surface area contributed by atoms with Gasteiger partial charge in [0.05, 0.1) is 0 Å². The molecule has 3 atom stereocenters. The Morgan fingerprint density at radius 2 is 2.08 bits per heavy atom. The van der Waals surface area contributed by atoms with E-state index in [1.807, 2.05) is 0 Å². The Morgan fingerprint density at radius 3 is 2.77 bits per heavy atom. The summed E-state index contributed by atoms with van der Waals surface area (Å²) >= 11 is 0. The fourth-order valence-corrected chi connectivity index (χ4v) is 2.12. The minimum atomic E-state index is 0.485. The monoisotopic (exact) mass is 184 g/mol. The first-order valence-corrected chi connectivity index (χ1v) is 5.68. The van der Waals surface area contributed by atoms with Crippen molar-refractivity contribution in [2.24, 2.45) is 11.7 Å². The Morgan fingerprint density at radius 1 is 1.31 bits per heavy atom. The molecule has 1 rings (SSSR count). The molecular formula is C11H24N2. The topological polar surface area (TPSA) is 38.0 Å². The number of hydrogen-bond acceptors (Lipinski definition) is 2. The smallest absolute Gasteiger partial charge is 0.0164 e. The molecule has 0 aliphatic heterocycles. The van der Waals surface area contributed by atoms with E-state index in [1.165, 1.54) is 32.1 Å². The van der Waals surface area contributed by atoms with Crippen LogP contribution in [0.15, 0.2) is 0 Å². The molecule has 0 bridgehead atoms. The second-order valence-electron chi connectivity index (χ2n) is 4.61. The molecular weight excluding hydrogens is 160 g/mol. The van der Waals surface area contributed by atoms with Crippen LogP contribution in [0.2, 0.25) is 0 Å². The van der Waals surface area contributed by atoms with E-state index in [-0.39, 0.29) is 0 Å². The first kappa shape index (κ1) is 11.0. The van der Waals surface area contributed by atoms with Crippen LogP contribution in [0.3, 0.4) is 0 Å². The predicted molar refractivity (Wildman–Crippen MR) is 57.7 cm³/mol. The van der Waals surface area contributed by atoms with Gasteiger partial charge in [0.15, 0.2) is 0 Å². The summed E-state index contributed by atoms with van der Waals surface area (Å²) in [7, 11) is 0. The van der Waals surface area contributed by atoms with Crippen LogP contribution in [0.5, 0.6) is 0 Å². The highest BCUT2D eigenvalue weighted by atomic mass is 15.0. The lowest BCUT2D eigenvalue weighted by Crippen LogP contribution is -2.40. The van der Waals surface area contributed by atoms with Gasteiger partial charge in [-0.2, -0.15) is 0 Å². The maximum atomic E-state index is 5.59. The Bertz CT molecular complexity index is 136. The van der Waals surface area contributed by atoms with E-state index in [0.717, 1.165) is 18.5 Å². The Hall–Kier alpha value is -0.0800. The molecule has 1 aliphatic rings. The Labute approximate surface area is 82.3 Å². The van der Waals surface area contributed by atoms with Crippen LogP contribution < -0.4 is 11.1 Å². The summed E-state index contributed by atoms with van der Waals surface area (Å²) in [6, 6.07) is 1.21. The van der Waals surface area contributed by atoms with Gasteiger partial charge in [0.25, 0.3) is 0 Å². The molecule has 1 saturated carbocycles. The number of nitrogens with one attached hydrogen (secondary N) is 1. The first-order chi connectivity index (χ1) is 6.22. The lowest BCUT2D eigenvalue weighted by molar-refractivity contribution is 0.405. The number of hydrogen-bond donors (Lipinski definition) is 2. The highest BCUT2D eigenvalue weighted by Gasteiger charge is 2.16. The second kappa shape index (κ2) is 5.61. The van der Waals surface area contributed by atoms with Crippen molar-refractivity contribution in [1.29, 1.82) is 0 Å². The van der Waals surface area contributed by atoms with Crippen LogP contribution in [0.1, 0.15) is 46.0 Å². The number of rotatable bonds is 3. The largest absolute Gasteiger partial charge is 0.329 e. The third-order valence-corrected chi connectivity index (χ3v) is 3.13. The van der Waals surface area contributed by atoms with E-state index < -0.39 is 0 Å². The van der Waals surface area contributed by atoms with Crippen LogP contribution in [0, 0.1) is 5.92 Å². The molecule has 13 heavy (non-hydrogen) atoms. The van der Waals surface area contributed by atoms with Crippen molar-refractivity contribution < 1.29 is 0 Å². The second-order valence-corrected chi connectivity index (χ2v) is 4.61. The fraction of sp³-hybridized carbons (Fsp3) is 1.00. The van der Waals surface area contributed by atoms with Crippen molar-refractivity contribution in [1.82, 2.24) is 5.32 Å². The Kier molecular flexibility index (Phi) is 4.74. The van der Waals surface area contributed by atoms with E-state index in [0.29, 0.717) is 6.04 Å². The molecule has 1 aliphatic carbocycles. The third-order valence-electron chi connectivity index (χ3n) is 3.13. The lowest BCUT2D eigenvalue weighted by Gasteiger charge is -2.20. The van der Waals surface area contributed by atoms with E-state index in [1.54, 1.807) is 0 Å². The molecule has 0 heterocycles. The van der Waals surface area contributed by atoms with Crippen molar-refractivity contribution >= 4 is 0 Å². The summed E-state index contributed by atoms with van der Waals surface area (Å²) in [6.45, 7) is 5.30. The molecule has 0 amide bonds. The van der Waals surface area contributed by atoms with Crippen LogP contribution in [-0.2, 0) is 0 Å². The van der Waals surface area contributed by atoms with Gasteiger partial charge in [-0.25, -0.2) is 0 Å². The molecule has 0 spiro atoms.